The van der Waals surface area contributed by atoms with Gasteiger partial charge < -0.3 is 0 Å². The highest BCUT2D eigenvalue weighted by atomic mass is 35.5. The maximum atomic E-state index is 13.4. The highest BCUT2D eigenvalue weighted by Gasteiger charge is 2.14. The Kier molecular flexibility index (Phi) is 4.45. The molecule has 0 unspecified atom stereocenters. The van der Waals surface area contributed by atoms with Gasteiger partial charge in [-0.2, -0.15) is 0 Å². The van der Waals surface area contributed by atoms with Gasteiger partial charge in [0.1, 0.15) is 23.2 Å². The minimum absolute atomic E-state index is 0.176. The van der Waals surface area contributed by atoms with Gasteiger partial charge in [-0.3, -0.25) is 4.79 Å². The van der Waals surface area contributed by atoms with Gasteiger partial charge in [-0.15, -0.1) is 0 Å². The Morgan fingerprint density at radius 1 is 1.00 bits per heavy atom. The van der Waals surface area contributed by atoms with E-state index in [4.69, 9.17) is 11.6 Å². The van der Waals surface area contributed by atoms with Crippen LogP contribution in [0.4, 0.5) is 13.2 Å². The number of carbonyl (C=O) groups is 1. The van der Waals surface area contributed by atoms with Crippen LogP contribution in [0.2, 0.25) is 5.02 Å². The molecule has 5 heteroatoms. The van der Waals surface area contributed by atoms with Gasteiger partial charge in [0.05, 0.1) is 0 Å². The van der Waals surface area contributed by atoms with Crippen LogP contribution in [0.25, 0.3) is 0 Å². The van der Waals surface area contributed by atoms with Crippen LogP contribution in [0.15, 0.2) is 36.4 Å². The maximum absolute atomic E-state index is 13.4. The summed E-state index contributed by atoms with van der Waals surface area (Å²) >= 11 is 5.84. The first kappa shape index (κ1) is 14.6. The Hall–Kier alpha value is -1.81. The van der Waals surface area contributed by atoms with Crippen molar-refractivity contribution >= 4 is 17.4 Å². The fourth-order valence-corrected chi connectivity index (χ4v) is 2.04. The molecule has 20 heavy (non-hydrogen) atoms. The molecule has 1 nitrogen and oxygen atoms in total. The molecule has 104 valence electrons. The normalized spacial score (nSPS) is 10.6. The second kappa shape index (κ2) is 6.09. The Bertz CT molecular complexity index is 635. The van der Waals surface area contributed by atoms with Gasteiger partial charge in [-0.05, 0) is 35.9 Å². The van der Waals surface area contributed by atoms with Crippen LogP contribution >= 0.6 is 11.6 Å². The number of halogens is 4. The lowest BCUT2D eigenvalue weighted by Crippen LogP contribution is -2.10. The van der Waals surface area contributed by atoms with Crippen LogP contribution in [0.3, 0.4) is 0 Å². The van der Waals surface area contributed by atoms with Crippen molar-refractivity contribution in [3.8, 4) is 0 Å². The number of hydrogen-bond acceptors (Lipinski definition) is 1. The molecule has 2 aromatic carbocycles. The SMILES string of the molecule is O=C(Cc1cc(F)ccc1Cl)Cc1c(F)cccc1F. The third-order valence-corrected chi connectivity index (χ3v) is 3.20. The molecule has 2 rings (SSSR count). The molecule has 2 aromatic rings. The molecule has 0 heterocycles. The van der Waals surface area contributed by atoms with Crippen LogP contribution in [-0.2, 0) is 17.6 Å². The van der Waals surface area contributed by atoms with E-state index in [1.807, 2.05) is 0 Å². The first-order valence-electron chi connectivity index (χ1n) is 5.86. The van der Waals surface area contributed by atoms with Crippen molar-refractivity contribution in [2.75, 3.05) is 0 Å². The molecule has 0 amide bonds. The van der Waals surface area contributed by atoms with Crippen LogP contribution < -0.4 is 0 Å². The van der Waals surface area contributed by atoms with Crippen molar-refractivity contribution in [3.63, 3.8) is 0 Å². The zero-order chi connectivity index (χ0) is 14.7. The molecule has 0 radical (unpaired) electrons. The summed E-state index contributed by atoms with van der Waals surface area (Å²) in [6, 6.07) is 7.04. The molecule has 0 atom stereocenters. The summed E-state index contributed by atoms with van der Waals surface area (Å²) in [4.78, 5) is 11.8. The second-order valence-corrected chi connectivity index (χ2v) is 4.74. The van der Waals surface area contributed by atoms with Crippen molar-refractivity contribution in [2.45, 2.75) is 12.8 Å². The van der Waals surface area contributed by atoms with E-state index in [1.54, 1.807) is 0 Å². The lowest BCUT2D eigenvalue weighted by molar-refractivity contribution is -0.117. The van der Waals surface area contributed by atoms with E-state index in [-0.39, 0.29) is 17.0 Å². The predicted molar refractivity (Wildman–Crippen MR) is 70.2 cm³/mol. The number of ketones is 1. The summed E-state index contributed by atoms with van der Waals surface area (Å²) in [5.74, 6) is -2.51. The van der Waals surface area contributed by atoms with E-state index in [2.05, 4.69) is 0 Å². The van der Waals surface area contributed by atoms with Gasteiger partial charge in [0.15, 0.2) is 0 Å². The lowest BCUT2D eigenvalue weighted by atomic mass is 10.0. The van der Waals surface area contributed by atoms with E-state index in [1.165, 1.54) is 18.2 Å². The first-order chi connectivity index (χ1) is 9.47. The van der Waals surface area contributed by atoms with Crippen molar-refractivity contribution in [2.24, 2.45) is 0 Å². The highest BCUT2D eigenvalue weighted by molar-refractivity contribution is 6.31. The topological polar surface area (TPSA) is 17.1 Å². The summed E-state index contributed by atoms with van der Waals surface area (Å²) in [7, 11) is 0. The third kappa shape index (κ3) is 3.39. The zero-order valence-electron chi connectivity index (χ0n) is 10.3. The molecule has 0 spiro atoms. The van der Waals surface area contributed by atoms with Gasteiger partial charge in [0.25, 0.3) is 0 Å². The second-order valence-electron chi connectivity index (χ2n) is 4.33. The average Bonchev–Trinajstić information content (AvgIpc) is 2.38. The third-order valence-electron chi connectivity index (χ3n) is 2.83. The lowest BCUT2D eigenvalue weighted by Gasteiger charge is -2.06. The van der Waals surface area contributed by atoms with Gasteiger partial charge in [0.2, 0.25) is 0 Å². The number of rotatable bonds is 4. The van der Waals surface area contributed by atoms with Crippen molar-refractivity contribution < 1.29 is 18.0 Å². The molecule has 0 saturated heterocycles. The molecule has 0 aromatic heterocycles. The number of Topliss-reactive ketones (excluding diaryl/α,β-unsaturated/α-hetero) is 1. The minimum atomic E-state index is -0.774. The molecule has 0 saturated carbocycles. The van der Waals surface area contributed by atoms with Gasteiger partial charge in [-0.1, -0.05) is 17.7 Å². The molecule has 0 aliphatic carbocycles. The number of hydrogen-bond donors (Lipinski definition) is 0. The Morgan fingerprint density at radius 2 is 1.65 bits per heavy atom. The van der Waals surface area contributed by atoms with Crippen molar-refractivity contribution in [3.05, 3.63) is 70.0 Å². The summed E-state index contributed by atoms with van der Waals surface area (Å²) in [6.07, 6.45) is -0.574. The fourth-order valence-electron chi connectivity index (χ4n) is 1.85. The van der Waals surface area contributed by atoms with Gasteiger partial charge in [-0.25, -0.2) is 13.2 Å². The van der Waals surface area contributed by atoms with E-state index < -0.39 is 29.7 Å². The largest absolute Gasteiger partial charge is 0.299 e. The maximum Gasteiger partial charge on any atom is 0.141 e. The van der Waals surface area contributed by atoms with E-state index in [0.29, 0.717) is 5.56 Å². The predicted octanol–water partition coefficient (Wildman–Crippen LogP) is 4.11. The summed E-state index contributed by atoms with van der Waals surface area (Å²) < 4.78 is 39.9. The average molecular weight is 299 g/mol. The molecule has 0 fully saturated rings. The summed E-state index contributed by atoms with van der Waals surface area (Å²) in [6.45, 7) is 0. The molecule has 0 bridgehead atoms. The van der Waals surface area contributed by atoms with Crippen LogP contribution in [0, 0.1) is 17.5 Å². The monoisotopic (exact) mass is 298 g/mol. The Balaban J connectivity index is 2.15. The Labute approximate surface area is 119 Å². The first-order valence-corrected chi connectivity index (χ1v) is 6.23. The van der Waals surface area contributed by atoms with Gasteiger partial charge >= 0.3 is 0 Å². The quantitative estimate of drug-likeness (QED) is 0.830. The number of carbonyl (C=O) groups excluding carboxylic acids is 1. The van der Waals surface area contributed by atoms with Crippen LogP contribution in [-0.4, -0.2) is 5.78 Å². The highest BCUT2D eigenvalue weighted by Crippen LogP contribution is 2.19. The smallest absolute Gasteiger partial charge is 0.141 e. The molecular formula is C15H10ClF3O. The van der Waals surface area contributed by atoms with Gasteiger partial charge in [0, 0.05) is 23.4 Å². The molecule has 0 aliphatic heterocycles. The van der Waals surface area contributed by atoms with Crippen molar-refractivity contribution in [1.29, 1.82) is 0 Å². The summed E-state index contributed by atoms with van der Waals surface area (Å²) in [5.41, 5.74) is 0.0124. The minimum Gasteiger partial charge on any atom is -0.299 e. The molecule has 0 aliphatic rings. The molecule has 0 N–H and O–H groups in total. The van der Waals surface area contributed by atoms with E-state index in [9.17, 15) is 18.0 Å². The van der Waals surface area contributed by atoms with Crippen molar-refractivity contribution in [1.82, 2.24) is 0 Å². The van der Waals surface area contributed by atoms with Crippen LogP contribution in [0.5, 0.6) is 0 Å². The standard InChI is InChI=1S/C15H10ClF3O/c16-13-5-4-10(17)6-9(13)7-11(20)8-12-14(18)2-1-3-15(12)19/h1-6H,7-8H2. The zero-order valence-corrected chi connectivity index (χ0v) is 11.1. The fraction of sp³-hybridized carbons (Fsp3) is 0.133. The Morgan fingerprint density at radius 3 is 2.30 bits per heavy atom. The van der Waals surface area contributed by atoms with Crippen LogP contribution in [0.1, 0.15) is 11.1 Å². The summed E-state index contributed by atoms with van der Waals surface area (Å²) in [5, 5.41) is 0.244. The van der Waals surface area contributed by atoms with E-state index in [0.717, 1.165) is 18.2 Å². The van der Waals surface area contributed by atoms with E-state index >= 15 is 0 Å². The number of benzene rings is 2. The molecular weight excluding hydrogens is 289 g/mol.